The van der Waals surface area contributed by atoms with Crippen LogP contribution in [0.25, 0.3) is 11.4 Å². The molecule has 22 heavy (non-hydrogen) atoms. The lowest BCUT2D eigenvalue weighted by atomic mass is 10.1. The molecule has 3 rings (SSSR count). The van der Waals surface area contributed by atoms with Crippen LogP contribution in [-0.4, -0.2) is 55.3 Å². The number of anilines is 1. The molecule has 0 unspecified atom stereocenters. The SMILES string of the molecule is Cc1nc(-c2ccccc2N2CCN(S(C)(=O)=O)CC2)no1. The first-order chi connectivity index (χ1) is 10.4. The molecule has 7 nitrogen and oxygen atoms in total. The summed E-state index contributed by atoms with van der Waals surface area (Å²) in [6.45, 7) is 4.00. The number of sulfonamides is 1. The summed E-state index contributed by atoms with van der Waals surface area (Å²) < 4.78 is 29.8. The lowest BCUT2D eigenvalue weighted by Gasteiger charge is -2.35. The molecule has 118 valence electrons. The van der Waals surface area contributed by atoms with Gasteiger partial charge in [0.1, 0.15) is 0 Å². The molecule has 1 fully saturated rings. The van der Waals surface area contributed by atoms with Crippen molar-refractivity contribution in [3.05, 3.63) is 30.2 Å². The van der Waals surface area contributed by atoms with Crippen molar-refractivity contribution in [2.24, 2.45) is 0 Å². The molecule has 1 saturated heterocycles. The third-order valence-electron chi connectivity index (χ3n) is 3.72. The summed E-state index contributed by atoms with van der Waals surface area (Å²) in [5, 5.41) is 3.98. The van der Waals surface area contributed by atoms with E-state index in [1.165, 1.54) is 10.6 Å². The van der Waals surface area contributed by atoms with Crippen LogP contribution in [0.4, 0.5) is 5.69 Å². The number of hydrogen-bond donors (Lipinski definition) is 0. The van der Waals surface area contributed by atoms with Gasteiger partial charge in [-0.15, -0.1) is 0 Å². The highest BCUT2D eigenvalue weighted by Crippen LogP contribution is 2.29. The number of aromatic nitrogens is 2. The summed E-state index contributed by atoms with van der Waals surface area (Å²) in [6, 6.07) is 7.83. The molecule has 0 radical (unpaired) electrons. The van der Waals surface area contributed by atoms with Gasteiger partial charge in [-0.1, -0.05) is 17.3 Å². The lowest BCUT2D eigenvalue weighted by Crippen LogP contribution is -2.48. The highest BCUT2D eigenvalue weighted by molar-refractivity contribution is 7.88. The predicted octanol–water partition coefficient (Wildman–Crippen LogP) is 1.13. The third-order valence-corrected chi connectivity index (χ3v) is 5.02. The largest absolute Gasteiger partial charge is 0.368 e. The molecule has 2 heterocycles. The van der Waals surface area contributed by atoms with Crippen molar-refractivity contribution in [2.75, 3.05) is 37.3 Å². The molecule has 0 aliphatic carbocycles. The predicted molar refractivity (Wildman–Crippen MR) is 83.1 cm³/mol. The summed E-state index contributed by atoms with van der Waals surface area (Å²) in [5.41, 5.74) is 1.89. The second-order valence-electron chi connectivity index (χ2n) is 5.30. The standard InChI is InChI=1S/C14H18N4O3S/c1-11-15-14(16-21-11)12-5-3-4-6-13(12)17-7-9-18(10-8-17)22(2,19)20/h3-6H,7-10H2,1-2H3. The number of aryl methyl sites for hydroxylation is 1. The van der Waals surface area contributed by atoms with Gasteiger partial charge in [-0.25, -0.2) is 8.42 Å². The minimum Gasteiger partial charge on any atom is -0.368 e. The monoisotopic (exact) mass is 322 g/mol. The average molecular weight is 322 g/mol. The molecule has 8 heteroatoms. The zero-order valence-corrected chi connectivity index (χ0v) is 13.4. The Bertz CT molecular complexity index is 764. The smallest absolute Gasteiger partial charge is 0.223 e. The molecular formula is C14H18N4O3S. The summed E-state index contributed by atoms with van der Waals surface area (Å²) in [5.74, 6) is 1.07. The van der Waals surface area contributed by atoms with Gasteiger partial charge in [-0.05, 0) is 12.1 Å². The summed E-state index contributed by atoms with van der Waals surface area (Å²) >= 11 is 0. The summed E-state index contributed by atoms with van der Waals surface area (Å²) in [4.78, 5) is 6.44. The van der Waals surface area contributed by atoms with Gasteiger partial charge in [0.15, 0.2) is 0 Å². The Kier molecular flexibility index (Phi) is 3.88. The first-order valence-corrected chi connectivity index (χ1v) is 8.90. The first-order valence-electron chi connectivity index (χ1n) is 7.05. The second kappa shape index (κ2) is 5.69. The molecule has 0 spiro atoms. The molecule has 0 bridgehead atoms. The molecular weight excluding hydrogens is 304 g/mol. The van der Waals surface area contributed by atoms with Crippen molar-refractivity contribution in [1.82, 2.24) is 14.4 Å². The molecule has 1 aromatic heterocycles. The van der Waals surface area contributed by atoms with E-state index in [2.05, 4.69) is 15.0 Å². The van der Waals surface area contributed by atoms with Crippen LogP contribution < -0.4 is 4.90 Å². The average Bonchev–Trinajstić information content (AvgIpc) is 2.93. The van der Waals surface area contributed by atoms with Gasteiger partial charge in [0.2, 0.25) is 21.7 Å². The third kappa shape index (κ3) is 2.97. The highest BCUT2D eigenvalue weighted by atomic mass is 32.2. The van der Waals surface area contributed by atoms with Crippen molar-refractivity contribution in [3.8, 4) is 11.4 Å². The molecule has 0 saturated carbocycles. The van der Waals surface area contributed by atoms with Crippen LogP contribution in [-0.2, 0) is 10.0 Å². The summed E-state index contributed by atoms with van der Waals surface area (Å²) in [7, 11) is -3.12. The van der Waals surface area contributed by atoms with Gasteiger partial charge in [0, 0.05) is 44.4 Å². The van der Waals surface area contributed by atoms with E-state index < -0.39 is 10.0 Å². The van der Waals surface area contributed by atoms with Crippen LogP contribution in [0.5, 0.6) is 0 Å². The Morgan fingerprint density at radius 1 is 1.14 bits per heavy atom. The molecule has 1 aliphatic rings. The van der Waals surface area contributed by atoms with E-state index in [1.807, 2.05) is 24.3 Å². The fourth-order valence-corrected chi connectivity index (χ4v) is 3.43. The van der Waals surface area contributed by atoms with Crippen LogP contribution in [0.15, 0.2) is 28.8 Å². The number of para-hydroxylation sites is 1. The molecule has 0 amide bonds. The van der Waals surface area contributed by atoms with Crippen LogP contribution >= 0.6 is 0 Å². The van der Waals surface area contributed by atoms with Crippen molar-refractivity contribution in [1.29, 1.82) is 0 Å². The quantitative estimate of drug-likeness (QED) is 0.843. The maximum absolute atomic E-state index is 11.6. The van der Waals surface area contributed by atoms with Gasteiger partial charge in [0.05, 0.1) is 6.26 Å². The van der Waals surface area contributed by atoms with E-state index in [9.17, 15) is 8.42 Å². The molecule has 0 atom stereocenters. The van der Waals surface area contributed by atoms with Gasteiger partial charge in [-0.2, -0.15) is 9.29 Å². The first kappa shape index (κ1) is 15.0. The normalized spacial score (nSPS) is 16.9. The number of rotatable bonds is 3. The zero-order valence-electron chi connectivity index (χ0n) is 12.6. The topological polar surface area (TPSA) is 79.5 Å². The Labute approximate surface area is 129 Å². The van der Waals surface area contributed by atoms with Crippen molar-refractivity contribution in [3.63, 3.8) is 0 Å². The molecule has 1 aromatic carbocycles. The van der Waals surface area contributed by atoms with E-state index in [0.29, 0.717) is 37.9 Å². The van der Waals surface area contributed by atoms with Gasteiger partial charge in [-0.3, -0.25) is 0 Å². The van der Waals surface area contributed by atoms with Gasteiger partial charge in [0.25, 0.3) is 0 Å². The van der Waals surface area contributed by atoms with E-state index >= 15 is 0 Å². The maximum Gasteiger partial charge on any atom is 0.223 e. The Morgan fingerprint density at radius 3 is 2.41 bits per heavy atom. The molecule has 2 aromatic rings. The maximum atomic E-state index is 11.6. The zero-order chi connectivity index (χ0) is 15.7. The molecule has 0 N–H and O–H groups in total. The van der Waals surface area contributed by atoms with Crippen LogP contribution in [0.1, 0.15) is 5.89 Å². The Morgan fingerprint density at radius 2 is 1.82 bits per heavy atom. The van der Waals surface area contributed by atoms with Gasteiger partial charge < -0.3 is 9.42 Å². The van der Waals surface area contributed by atoms with Crippen molar-refractivity contribution >= 4 is 15.7 Å². The van der Waals surface area contributed by atoms with E-state index in [-0.39, 0.29) is 0 Å². The van der Waals surface area contributed by atoms with Crippen molar-refractivity contribution < 1.29 is 12.9 Å². The highest BCUT2D eigenvalue weighted by Gasteiger charge is 2.25. The fraction of sp³-hybridized carbons (Fsp3) is 0.429. The van der Waals surface area contributed by atoms with Crippen LogP contribution in [0, 0.1) is 6.92 Å². The van der Waals surface area contributed by atoms with Crippen LogP contribution in [0.2, 0.25) is 0 Å². The number of hydrogen-bond acceptors (Lipinski definition) is 6. The van der Waals surface area contributed by atoms with E-state index in [0.717, 1.165) is 11.3 Å². The van der Waals surface area contributed by atoms with Crippen molar-refractivity contribution in [2.45, 2.75) is 6.92 Å². The number of nitrogens with zero attached hydrogens (tertiary/aromatic N) is 4. The van der Waals surface area contributed by atoms with E-state index in [4.69, 9.17) is 4.52 Å². The minimum absolute atomic E-state index is 0.485. The Balaban J connectivity index is 1.85. The second-order valence-corrected chi connectivity index (χ2v) is 7.29. The lowest BCUT2D eigenvalue weighted by molar-refractivity contribution is 0.388. The van der Waals surface area contributed by atoms with E-state index in [1.54, 1.807) is 6.92 Å². The van der Waals surface area contributed by atoms with Crippen LogP contribution in [0.3, 0.4) is 0 Å². The van der Waals surface area contributed by atoms with Gasteiger partial charge >= 0.3 is 0 Å². The number of piperazine rings is 1. The minimum atomic E-state index is -3.12. The summed E-state index contributed by atoms with van der Waals surface area (Å²) in [6.07, 6.45) is 1.25. The number of benzene rings is 1. The molecule has 1 aliphatic heterocycles. The Hall–Kier alpha value is -1.93. The fourth-order valence-electron chi connectivity index (χ4n) is 2.61.